The van der Waals surface area contributed by atoms with Crippen molar-refractivity contribution in [3.63, 3.8) is 0 Å². The number of allylic oxidation sites excluding steroid dienone is 19. The Bertz CT molecular complexity index is 1750. The Morgan fingerprint density at radius 2 is 0.872 bits per heavy atom. The molecule has 1 N–H and O–H groups in total. The van der Waals surface area contributed by atoms with E-state index in [1.165, 1.54) is 116 Å². The van der Waals surface area contributed by atoms with Crippen LogP contribution in [0.1, 0.15) is 245 Å². The largest absolute Gasteiger partial charge is 0.756 e. The van der Waals surface area contributed by atoms with Crippen LogP contribution in [0.3, 0.4) is 0 Å². The van der Waals surface area contributed by atoms with Crippen LogP contribution in [0.4, 0.5) is 0 Å². The zero-order chi connectivity index (χ0) is 57.2. The highest BCUT2D eigenvalue weighted by Gasteiger charge is 2.27. The molecule has 0 fully saturated rings. The second-order valence-electron chi connectivity index (χ2n) is 22.0. The standard InChI is InChI=1S/C68H117N2O7P/c1-7-10-13-16-19-22-25-28-30-32-33-34-35-36-37-39-40-42-45-48-51-54-57-60-67(71)69-65(64-76-78(73,74)75-63-62-70(4,5)6)66(59-56-53-50-47-44-27-24-21-18-15-12-9-3)77-68(72)61-58-55-52-49-46-43-41-38-31-29-26-23-20-17-14-11-8-2/h11,14,17,19-20,22-23,26,28-31,33-34,38,41,43,46,56,59,65-66H,7-10,12-13,15-16,18,21,24-25,27,32,35-37,39-40,42,44-45,47-55,57-58,60-64H2,1-6H3,(H-,69,71,73,74)/b14-11-,20-17+,22-19-,26-23+,30-28-,31-29-,34-33-,41-38+,46-43+,59-56-. The number of hydrogen-bond donors (Lipinski definition) is 1. The first kappa shape index (κ1) is 74.4. The molecule has 10 heteroatoms. The monoisotopic (exact) mass is 1100 g/mol. The number of rotatable bonds is 55. The van der Waals surface area contributed by atoms with Crippen molar-refractivity contribution < 1.29 is 37.3 Å². The van der Waals surface area contributed by atoms with Gasteiger partial charge in [0, 0.05) is 12.8 Å². The van der Waals surface area contributed by atoms with Crippen molar-refractivity contribution in [2.45, 2.75) is 258 Å². The molecule has 0 heterocycles. The first-order valence-electron chi connectivity index (χ1n) is 31.4. The third kappa shape index (κ3) is 57.1. The Morgan fingerprint density at radius 1 is 0.474 bits per heavy atom. The molecule has 0 spiro atoms. The van der Waals surface area contributed by atoms with Crippen LogP contribution in [0.5, 0.6) is 0 Å². The Hall–Kier alpha value is -3.59. The molecule has 0 aromatic heterocycles. The van der Waals surface area contributed by atoms with E-state index in [-0.39, 0.29) is 24.9 Å². The fraction of sp³-hybridized carbons (Fsp3) is 0.676. The first-order chi connectivity index (χ1) is 37.9. The number of likely N-dealkylation sites (N-methyl/N-ethyl adjacent to an activating group) is 1. The minimum absolute atomic E-state index is 0.0373. The lowest BCUT2D eigenvalue weighted by molar-refractivity contribution is -0.870. The summed E-state index contributed by atoms with van der Waals surface area (Å²) in [5.41, 5.74) is 0. The van der Waals surface area contributed by atoms with Gasteiger partial charge in [-0.3, -0.25) is 14.2 Å². The molecule has 0 aliphatic heterocycles. The quantitative estimate of drug-likeness (QED) is 0.0161. The Morgan fingerprint density at radius 3 is 1.38 bits per heavy atom. The van der Waals surface area contributed by atoms with E-state index in [1.807, 2.05) is 94.1 Å². The lowest BCUT2D eigenvalue weighted by Crippen LogP contribution is -2.47. The number of nitrogens with zero attached hydrogens (tertiary/aromatic N) is 1. The predicted molar refractivity (Wildman–Crippen MR) is 334 cm³/mol. The van der Waals surface area contributed by atoms with Crippen LogP contribution in [0.15, 0.2) is 122 Å². The van der Waals surface area contributed by atoms with Gasteiger partial charge >= 0.3 is 5.97 Å². The van der Waals surface area contributed by atoms with Gasteiger partial charge in [-0.05, 0) is 89.5 Å². The number of carbonyl (C=O) groups excluding carboxylic acids is 2. The van der Waals surface area contributed by atoms with Gasteiger partial charge in [-0.1, -0.05) is 265 Å². The average Bonchev–Trinajstić information content (AvgIpc) is 3.40. The van der Waals surface area contributed by atoms with Crippen LogP contribution in [-0.2, 0) is 27.9 Å². The highest BCUT2D eigenvalue weighted by atomic mass is 31.2. The number of amides is 1. The highest BCUT2D eigenvalue weighted by Crippen LogP contribution is 2.38. The normalized spacial score (nSPS) is 14.5. The van der Waals surface area contributed by atoms with Crippen molar-refractivity contribution >= 4 is 19.7 Å². The number of ether oxygens (including phenoxy) is 1. The molecule has 78 heavy (non-hydrogen) atoms. The van der Waals surface area contributed by atoms with Gasteiger partial charge in [0.05, 0.1) is 33.8 Å². The molecule has 0 aliphatic carbocycles. The van der Waals surface area contributed by atoms with E-state index in [2.05, 4.69) is 74.7 Å². The number of quaternary nitrogens is 1. The lowest BCUT2D eigenvalue weighted by Gasteiger charge is -2.30. The van der Waals surface area contributed by atoms with Crippen molar-refractivity contribution in [2.75, 3.05) is 40.9 Å². The van der Waals surface area contributed by atoms with Gasteiger partial charge in [0.25, 0.3) is 7.82 Å². The van der Waals surface area contributed by atoms with Crippen LogP contribution < -0.4 is 10.2 Å². The summed E-state index contributed by atoms with van der Waals surface area (Å²) in [5.74, 6) is -0.603. The molecular formula is C68H117N2O7P. The molecule has 0 aliphatic rings. The number of carbonyl (C=O) groups is 2. The molecule has 0 aromatic rings. The van der Waals surface area contributed by atoms with E-state index in [1.54, 1.807) is 0 Å². The van der Waals surface area contributed by atoms with Crippen LogP contribution in [0.25, 0.3) is 0 Å². The van der Waals surface area contributed by atoms with Gasteiger partial charge < -0.3 is 28.5 Å². The molecule has 0 saturated heterocycles. The van der Waals surface area contributed by atoms with Crippen molar-refractivity contribution in [2.24, 2.45) is 0 Å². The maximum Gasteiger partial charge on any atom is 0.306 e. The SMILES string of the molecule is CC\C=C/C=C/C=C/C=C\C=C\C=C\CCCCCC(=O)OC(/C=C\CCCCCCCCCCCC)C(COP(=O)([O-])OCC[N+](C)(C)C)NC(=O)CCCCCCCCCCCC/C=C\C/C=C\C/C=C\CCCCC. The smallest absolute Gasteiger partial charge is 0.306 e. The maximum atomic E-state index is 13.5. The highest BCUT2D eigenvalue weighted by molar-refractivity contribution is 7.45. The van der Waals surface area contributed by atoms with E-state index >= 15 is 0 Å². The third-order valence-corrected chi connectivity index (χ3v) is 14.3. The predicted octanol–water partition coefficient (Wildman–Crippen LogP) is 18.9. The van der Waals surface area contributed by atoms with Crippen LogP contribution >= 0.6 is 7.82 Å². The second-order valence-corrected chi connectivity index (χ2v) is 23.4. The number of phosphoric ester groups is 1. The minimum atomic E-state index is -4.72. The molecule has 3 atom stereocenters. The van der Waals surface area contributed by atoms with E-state index in [9.17, 15) is 19.0 Å². The topological polar surface area (TPSA) is 114 Å². The molecule has 3 unspecified atom stereocenters. The van der Waals surface area contributed by atoms with Crippen LogP contribution in [0.2, 0.25) is 0 Å². The number of hydrogen-bond acceptors (Lipinski definition) is 7. The minimum Gasteiger partial charge on any atom is -0.756 e. The Labute approximate surface area is 480 Å². The van der Waals surface area contributed by atoms with Gasteiger partial charge in [-0.25, -0.2) is 0 Å². The summed E-state index contributed by atoms with van der Waals surface area (Å²) < 4.78 is 30.3. The summed E-state index contributed by atoms with van der Waals surface area (Å²) in [6.45, 7) is 6.62. The van der Waals surface area contributed by atoms with Gasteiger partial charge in [-0.15, -0.1) is 0 Å². The summed E-state index contributed by atoms with van der Waals surface area (Å²) in [6, 6.07) is -0.917. The van der Waals surface area contributed by atoms with Crippen LogP contribution in [-0.4, -0.2) is 69.4 Å². The number of nitrogens with one attached hydrogen (secondary N) is 1. The van der Waals surface area contributed by atoms with Gasteiger partial charge in [0.15, 0.2) is 0 Å². The first-order valence-corrected chi connectivity index (χ1v) is 32.9. The number of unbranched alkanes of at least 4 members (excludes halogenated alkanes) is 26. The molecule has 9 nitrogen and oxygen atoms in total. The Balaban J connectivity index is 5.29. The van der Waals surface area contributed by atoms with Gasteiger partial charge in [0.1, 0.15) is 19.3 Å². The van der Waals surface area contributed by atoms with Crippen molar-refractivity contribution in [3.8, 4) is 0 Å². The maximum absolute atomic E-state index is 13.5. The fourth-order valence-electron chi connectivity index (χ4n) is 8.44. The Kier molecular flexibility index (Phi) is 54.1. The van der Waals surface area contributed by atoms with E-state index < -0.39 is 26.6 Å². The lowest BCUT2D eigenvalue weighted by atomic mass is 10.0. The van der Waals surface area contributed by atoms with Crippen molar-refractivity contribution in [1.29, 1.82) is 0 Å². The van der Waals surface area contributed by atoms with E-state index in [0.29, 0.717) is 23.9 Å². The van der Waals surface area contributed by atoms with Crippen molar-refractivity contribution in [1.82, 2.24) is 5.32 Å². The summed E-state index contributed by atoms with van der Waals surface area (Å²) in [7, 11) is 1.14. The van der Waals surface area contributed by atoms with Crippen LogP contribution in [0, 0.1) is 0 Å². The molecule has 0 saturated carbocycles. The summed E-state index contributed by atoms with van der Waals surface area (Å²) in [4.78, 5) is 40.0. The summed E-state index contributed by atoms with van der Waals surface area (Å²) in [5, 5.41) is 3.01. The van der Waals surface area contributed by atoms with Gasteiger partial charge in [-0.2, -0.15) is 0 Å². The van der Waals surface area contributed by atoms with Crippen molar-refractivity contribution in [3.05, 3.63) is 122 Å². The molecule has 0 rings (SSSR count). The molecule has 446 valence electrons. The molecule has 1 amide bonds. The molecular weight excluding hydrogens is 988 g/mol. The number of esters is 1. The molecule has 0 radical (unpaired) electrons. The zero-order valence-electron chi connectivity index (χ0n) is 50.8. The van der Waals surface area contributed by atoms with E-state index in [4.69, 9.17) is 13.8 Å². The third-order valence-electron chi connectivity index (χ3n) is 13.3. The van der Waals surface area contributed by atoms with E-state index in [0.717, 1.165) is 89.9 Å². The summed E-state index contributed by atoms with van der Waals surface area (Å²) in [6.07, 6.45) is 78.8. The second kappa shape index (κ2) is 56.7. The average molecular weight is 1110 g/mol. The number of phosphoric acid groups is 1. The fourth-order valence-corrected chi connectivity index (χ4v) is 9.16. The summed E-state index contributed by atoms with van der Waals surface area (Å²) >= 11 is 0. The molecule has 0 aromatic carbocycles. The van der Waals surface area contributed by atoms with Gasteiger partial charge in [0.2, 0.25) is 5.91 Å². The molecule has 0 bridgehead atoms. The zero-order valence-corrected chi connectivity index (χ0v) is 51.7.